The molecule has 0 bridgehead atoms. The van der Waals surface area contributed by atoms with Crippen LogP contribution in [-0.4, -0.2) is 28.4 Å². The highest BCUT2D eigenvalue weighted by molar-refractivity contribution is 7.92. The predicted octanol–water partition coefficient (Wildman–Crippen LogP) is 2.36. The van der Waals surface area contributed by atoms with E-state index in [0.29, 0.717) is 17.5 Å². The largest absolute Gasteiger partial charge is 0.265 e. The number of aromatic nitrogens is 4. The van der Waals surface area contributed by atoms with Crippen LogP contribution in [0.15, 0.2) is 41.3 Å². The Kier molecular flexibility index (Phi) is 4.21. The average molecular weight is 365 g/mol. The molecule has 25 heavy (non-hydrogen) atoms. The molecule has 0 aliphatic heterocycles. The first-order valence-electron chi connectivity index (χ1n) is 7.11. The Morgan fingerprint density at radius 1 is 1.00 bits per heavy atom. The molecule has 0 saturated heterocycles. The summed E-state index contributed by atoms with van der Waals surface area (Å²) in [6.07, 6.45) is 0. The third-order valence-electron chi connectivity index (χ3n) is 3.25. The van der Waals surface area contributed by atoms with Gasteiger partial charge in [-0.2, -0.15) is 14.9 Å². The van der Waals surface area contributed by atoms with Gasteiger partial charge >= 0.3 is 0 Å². The van der Waals surface area contributed by atoms with Crippen LogP contribution in [0.1, 0.15) is 11.4 Å². The Morgan fingerprint density at radius 3 is 2.40 bits per heavy atom. The van der Waals surface area contributed by atoms with Crippen molar-refractivity contribution in [2.24, 2.45) is 0 Å². The molecule has 2 aromatic heterocycles. The summed E-state index contributed by atoms with van der Waals surface area (Å²) < 4.78 is 55.2. The van der Waals surface area contributed by atoms with Gasteiger partial charge in [0.1, 0.15) is 22.3 Å². The maximum atomic E-state index is 13.8. The minimum Gasteiger partial charge on any atom is -0.263 e. The van der Waals surface area contributed by atoms with Crippen LogP contribution in [0.5, 0.6) is 0 Å². The van der Waals surface area contributed by atoms with Gasteiger partial charge in [0, 0.05) is 12.1 Å². The molecule has 3 rings (SSSR count). The molecule has 2 heterocycles. The van der Waals surface area contributed by atoms with Gasteiger partial charge in [0.05, 0.1) is 11.4 Å². The normalized spacial score (nSPS) is 11.5. The van der Waals surface area contributed by atoms with Crippen molar-refractivity contribution in [3.05, 3.63) is 59.4 Å². The number of anilines is 1. The fourth-order valence-electron chi connectivity index (χ4n) is 2.14. The highest BCUT2D eigenvalue weighted by Gasteiger charge is 2.22. The number of sulfonamides is 1. The second kappa shape index (κ2) is 6.20. The van der Waals surface area contributed by atoms with E-state index in [-0.39, 0.29) is 11.6 Å². The monoisotopic (exact) mass is 365 g/mol. The summed E-state index contributed by atoms with van der Waals surface area (Å²) in [6, 6.07) is 6.99. The van der Waals surface area contributed by atoms with E-state index >= 15 is 0 Å². The lowest BCUT2D eigenvalue weighted by atomic mass is 10.3. The average Bonchev–Trinajstić information content (AvgIpc) is 2.87. The van der Waals surface area contributed by atoms with Crippen molar-refractivity contribution in [3.63, 3.8) is 0 Å². The molecule has 0 radical (unpaired) electrons. The molecule has 0 saturated carbocycles. The summed E-state index contributed by atoms with van der Waals surface area (Å²) in [5.74, 6) is -1.71. The van der Waals surface area contributed by atoms with E-state index in [0.717, 1.165) is 12.1 Å². The summed E-state index contributed by atoms with van der Waals surface area (Å²) in [7, 11) is -4.29. The Labute approximate surface area is 142 Å². The second-order valence-electron chi connectivity index (χ2n) is 5.30. The van der Waals surface area contributed by atoms with Crippen molar-refractivity contribution in [3.8, 4) is 5.82 Å². The first-order valence-corrected chi connectivity index (χ1v) is 8.60. The molecule has 7 nitrogen and oxygen atoms in total. The zero-order valence-electron chi connectivity index (χ0n) is 13.2. The lowest BCUT2D eigenvalue weighted by molar-refractivity contribution is 0.551. The van der Waals surface area contributed by atoms with E-state index in [1.165, 1.54) is 10.7 Å². The fraction of sp³-hybridized carbons (Fsp3) is 0.133. The molecule has 0 fully saturated rings. The van der Waals surface area contributed by atoms with Crippen LogP contribution < -0.4 is 4.72 Å². The predicted molar refractivity (Wildman–Crippen MR) is 85.8 cm³/mol. The van der Waals surface area contributed by atoms with Gasteiger partial charge in [0.15, 0.2) is 5.82 Å². The van der Waals surface area contributed by atoms with Gasteiger partial charge in [-0.3, -0.25) is 4.72 Å². The summed E-state index contributed by atoms with van der Waals surface area (Å²) in [6.45, 7) is 3.42. The third kappa shape index (κ3) is 3.48. The van der Waals surface area contributed by atoms with Crippen LogP contribution in [0.3, 0.4) is 0 Å². The van der Waals surface area contributed by atoms with E-state index in [1.54, 1.807) is 26.0 Å². The van der Waals surface area contributed by atoms with E-state index in [1.807, 2.05) is 0 Å². The van der Waals surface area contributed by atoms with E-state index in [9.17, 15) is 17.2 Å². The first kappa shape index (κ1) is 17.0. The minimum absolute atomic E-state index is 0.0550. The molecule has 0 unspecified atom stereocenters. The van der Waals surface area contributed by atoms with E-state index in [2.05, 4.69) is 20.0 Å². The maximum absolute atomic E-state index is 13.8. The number of halogens is 2. The van der Waals surface area contributed by atoms with Crippen LogP contribution >= 0.6 is 0 Å². The zero-order valence-corrected chi connectivity index (χ0v) is 14.1. The molecule has 0 aliphatic carbocycles. The van der Waals surface area contributed by atoms with Gasteiger partial charge in [-0.15, -0.1) is 5.10 Å². The number of nitrogens with one attached hydrogen (secondary N) is 1. The van der Waals surface area contributed by atoms with Crippen LogP contribution in [-0.2, 0) is 10.0 Å². The topological polar surface area (TPSA) is 89.8 Å². The number of rotatable bonds is 4. The Morgan fingerprint density at radius 2 is 1.76 bits per heavy atom. The smallest absolute Gasteiger partial charge is 0.263 e. The van der Waals surface area contributed by atoms with Gasteiger partial charge < -0.3 is 0 Å². The summed E-state index contributed by atoms with van der Waals surface area (Å²) in [5, 5.41) is 12.0. The SMILES string of the molecule is Cc1ccc(-n2nc(C)cc2NS(=O)(=O)c2ccc(F)cc2F)nn1. The Bertz CT molecular complexity index is 1030. The molecule has 1 aromatic carbocycles. The van der Waals surface area contributed by atoms with Crippen LogP contribution in [0, 0.1) is 25.5 Å². The molecule has 130 valence electrons. The number of benzene rings is 1. The Balaban J connectivity index is 2.02. The molecule has 3 aromatic rings. The zero-order chi connectivity index (χ0) is 18.2. The summed E-state index contributed by atoms with van der Waals surface area (Å²) >= 11 is 0. The molecule has 0 aliphatic rings. The van der Waals surface area contributed by atoms with Gasteiger partial charge in [-0.1, -0.05) is 0 Å². The summed E-state index contributed by atoms with van der Waals surface area (Å²) in [5.41, 5.74) is 1.20. The van der Waals surface area contributed by atoms with E-state index in [4.69, 9.17) is 0 Å². The van der Waals surface area contributed by atoms with Crippen molar-refractivity contribution >= 4 is 15.8 Å². The molecule has 1 N–H and O–H groups in total. The van der Waals surface area contributed by atoms with Crippen LogP contribution in [0.2, 0.25) is 0 Å². The number of nitrogens with zero attached hydrogens (tertiary/aromatic N) is 4. The summed E-state index contributed by atoms with van der Waals surface area (Å²) in [4.78, 5) is -0.672. The van der Waals surface area contributed by atoms with Gasteiger partial charge in [-0.25, -0.2) is 17.2 Å². The highest BCUT2D eigenvalue weighted by atomic mass is 32.2. The molecular weight excluding hydrogens is 352 g/mol. The highest BCUT2D eigenvalue weighted by Crippen LogP contribution is 2.22. The lowest BCUT2D eigenvalue weighted by Crippen LogP contribution is -2.17. The van der Waals surface area contributed by atoms with Crippen LogP contribution in [0.4, 0.5) is 14.6 Å². The quantitative estimate of drug-likeness (QED) is 0.767. The van der Waals surface area contributed by atoms with Crippen LogP contribution in [0.25, 0.3) is 5.82 Å². The van der Waals surface area contributed by atoms with Gasteiger partial charge in [0.2, 0.25) is 0 Å². The number of aryl methyl sites for hydroxylation is 2. The minimum atomic E-state index is -4.29. The molecule has 0 spiro atoms. The van der Waals surface area contributed by atoms with Crippen molar-refractivity contribution in [2.45, 2.75) is 18.7 Å². The molecule has 0 atom stereocenters. The molecular formula is C15H13F2N5O2S. The van der Waals surface area contributed by atoms with Crippen molar-refractivity contribution in [1.82, 2.24) is 20.0 Å². The molecule has 10 heteroatoms. The van der Waals surface area contributed by atoms with Crippen molar-refractivity contribution in [1.29, 1.82) is 0 Å². The lowest BCUT2D eigenvalue weighted by Gasteiger charge is -2.10. The van der Waals surface area contributed by atoms with Gasteiger partial charge in [0.25, 0.3) is 10.0 Å². The number of hydrogen-bond acceptors (Lipinski definition) is 5. The standard InChI is InChI=1S/C15H13F2N5O2S/c1-9-3-6-14(19-18-9)22-15(7-10(2)20-22)21-25(23,24)13-5-4-11(16)8-12(13)17/h3-8,21H,1-2H3. The third-order valence-corrected chi connectivity index (χ3v) is 4.64. The van der Waals surface area contributed by atoms with Crippen molar-refractivity contribution < 1.29 is 17.2 Å². The van der Waals surface area contributed by atoms with Gasteiger partial charge in [-0.05, 0) is 38.1 Å². The van der Waals surface area contributed by atoms with Crippen molar-refractivity contribution in [2.75, 3.05) is 4.72 Å². The molecule has 0 amide bonds. The Hall–Kier alpha value is -2.88. The fourth-order valence-corrected chi connectivity index (χ4v) is 3.23. The second-order valence-corrected chi connectivity index (χ2v) is 6.95. The maximum Gasteiger partial charge on any atom is 0.265 e. The number of hydrogen-bond donors (Lipinski definition) is 1. The van der Waals surface area contributed by atoms with E-state index < -0.39 is 26.6 Å². The first-order chi connectivity index (χ1) is 11.8.